The van der Waals surface area contributed by atoms with E-state index >= 15 is 0 Å². The molecule has 162 valence electrons. The van der Waals surface area contributed by atoms with E-state index in [0.29, 0.717) is 24.6 Å². The van der Waals surface area contributed by atoms with Gasteiger partial charge in [0, 0.05) is 13.1 Å². The van der Waals surface area contributed by atoms with Gasteiger partial charge in [-0.25, -0.2) is 4.21 Å². The smallest absolute Gasteiger partial charge is 0.269 e. The van der Waals surface area contributed by atoms with E-state index in [0.717, 1.165) is 24.8 Å². The number of anilines is 1. The van der Waals surface area contributed by atoms with Gasteiger partial charge in [0.05, 0.1) is 17.3 Å². The molecule has 2 atom stereocenters. The van der Waals surface area contributed by atoms with Crippen LogP contribution >= 0.6 is 0 Å². The number of benzene rings is 2. The van der Waals surface area contributed by atoms with Crippen LogP contribution in [0.15, 0.2) is 57.3 Å². The lowest BCUT2D eigenvalue weighted by atomic mass is 10.0. The van der Waals surface area contributed by atoms with Gasteiger partial charge >= 0.3 is 0 Å². The minimum absolute atomic E-state index is 0.0428. The summed E-state index contributed by atoms with van der Waals surface area (Å²) in [6.07, 6.45) is 2.73. The number of rotatable bonds is 5. The van der Waals surface area contributed by atoms with Gasteiger partial charge in [0.15, 0.2) is 17.4 Å². The van der Waals surface area contributed by atoms with E-state index in [1.807, 2.05) is 37.3 Å². The Bertz CT molecular complexity index is 1050. The largest absolute Gasteiger partial charge is 0.505 e. The highest BCUT2D eigenvalue weighted by molar-refractivity contribution is 7.83. The fourth-order valence-electron chi connectivity index (χ4n) is 3.75. The number of hydrogen-bond acceptors (Lipinski definition) is 5. The number of amidine groups is 2. The molecule has 2 aliphatic heterocycles. The summed E-state index contributed by atoms with van der Waals surface area (Å²) in [6, 6.07) is 14.8. The molecule has 2 aromatic carbocycles. The van der Waals surface area contributed by atoms with Gasteiger partial charge in [-0.1, -0.05) is 43.3 Å². The molecule has 0 radical (unpaired) electrons. The summed E-state index contributed by atoms with van der Waals surface area (Å²) in [5.41, 5.74) is 1.62. The second kappa shape index (κ2) is 9.30. The van der Waals surface area contributed by atoms with Crippen LogP contribution in [0.5, 0.6) is 5.75 Å². The van der Waals surface area contributed by atoms with E-state index < -0.39 is 11.2 Å². The highest BCUT2D eigenvalue weighted by Gasteiger charge is 2.26. The fraction of sp³-hybridized carbons (Fsp3) is 0.318. The molecule has 1 saturated heterocycles. The highest BCUT2D eigenvalue weighted by Crippen LogP contribution is 2.30. The molecule has 0 bridgehead atoms. The van der Waals surface area contributed by atoms with Crippen molar-refractivity contribution in [2.45, 2.75) is 32.2 Å². The maximum atomic E-state index is 12.7. The molecule has 3 N–H and O–H groups in total. The number of hydrogen-bond donors (Lipinski definition) is 3. The van der Waals surface area contributed by atoms with Crippen LogP contribution in [-0.2, 0) is 11.2 Å². The third-order valence-electron chi connectivity index (χ3n) is 5.40. The molecule has 1 unspecified atom stereocenters. The maximum Gasteiger partial charge on any atom is 0.269 e. The molecule has 0 aliphatic carbocycles. The summed E-state index contributed by atoms with van der Waals surface area (Å²) in [7, 11) is 0. The normalized spacial score (nSPS) is 19.0. The Kier molecular flexibility index (Phi) is 6.31. The molecular weight excluding hydrogens is 414 g/mol. The van der Waals surface area contributed by atoms with E-state index in [-0.39, 0.29) is 29.1 Å². The van der Waals surface area contributed by atoms with Gasteiger partial charge in [0.25, 0.3) is 17.1 Å². The Morgan fingerprint density at radius 2 is 1.81 bits per heavy atom. The van der Waals surface area contributed by atoms with Gasteiger partial charge in [-0.15, -0.1) is 8.80 Å². The number of nitrogens with one attached hydrogen (secondary N) is 2. The lowest BCUT2D eigenvalue weighted by Crippen LogP contribution is -2.36. The summed E-state index contributed by atoms with van der Waals surface area (Å²) in [5.74, 6) is 0.255. The SMILES string of the molecule is CC[C@@H](NC1=NS(=O)N=C1Nc1cccc(C(=O)N2CCCC2)c1O)c1ccccc1. The molecule has 9 heteroatoms. The Hall–Kier alpha value is -3.20. The Morgan fingerprint density at radius 3 is 2.52 bits per heavy atom. The van der Waals surface area contributed by atoms with Gasteiger partial charge in [0.1, 0.15) is 0 Å². The minimum Gasteiger partial charge on any atom is -0.505 e. The zero-order valence-corrected chi connectivity index (χ0v) is 18.1. The second-order valence-corrected chi connectivity index (χ2v) is 8.28. The van der Waals surface area contributed by atoms with Gasteiger partial charge in [-0.3, -0.25) is 4.79 Å². The summed E-state index contributed by atoms with van der Waals surface area (Å²) in [6.45, 7) is 3.43. The molecule has 4 rings (SSSR count). The lowest BCUT2D eigenvalue weighted by Gasteiger charge is -2.20. The molecule has 0 aromatic heterocycles. The predicted octanol–water partition coefficient (Wildman–Crippen LogP) is 3.17. The van der Waals surface area contributed by atoms with Crippen molar-refractivity contribution in [3.63, 3.8) is 0 Å². The first-order chi connectivity index (χ1) is 15.1. The lowest BCUT2D eigenvalue weighted by molar-refractivity contribution is 0.0790. The average molecular weight is 440 g/mol. The van der Waals surface area contributed by atoms with Gasteiger partial charge in [0.2, 0.25) is 0 Å². The number of nitrogens with zero attached hydrogens (tertiary/aromatic N) is 3. The van der Waals surface area contributed by atoms with Crippen molar-refractivity contribution in [3.05, 3.63) is 59.7 Å². The van der Waals surface area contributed by atoms with Crippen LogP contribution in [0.25, 0.3) is 0 Å². The van der Waals surface area contributed by atoms with Crippen LogP contribution in [0, 0.1) is 0 Å². The van der Waals surface area contributed by atoms with Gasteiger partial charge in [-0.2, -0.15) is 0 Å². The molecule has 2 aromatic rings. The summed E-state index contributed by atoms with van der Waals surface area (Å²) in [5, 5.41) is 17.0. The molecule has 31 heavy (non-hydrogen) atoms. The number of para-hydroxylation sites is 1. The van der Waals surface area contributed by atoms with E-state index in [1.165, 1.54) is 0 Å². The zero-order valence-electron chi connectivity index (χ0n) is 17.2. The van der Waals surface area contributed by atoms with Crippen LogP contribution < -0.4 is 10.6 Å². The average Bonchev–Trinajstić information content (AvgIpc) is 3.43. The summed E-state index contributed by atoms with van der Waals surface area (Å²) in [4.78, 5) is 14.5. The number of phenolic OH excluding ortho intramolecular Hbond substituents is 1. The van der Waals surface area contributed by atoms with Crippen LogP contribution in [0.4, 0.5) is 5.69 Å². The number of phenols is 1. The Labute approximate surface area is 183 Å². The van der Waals surface area contributed by atoms with Crippen molar-refractivity contribution in [2.75, 3.05) is 18.4 Å². The topological polar surface area (TPSA) is 106 Å². The third-order valence-corrected chi connectivity index (χ3v) is 6.07. The van der Waals surface area contributed by atoms with Crippen molar-refractivity contribution in [1.82, 2.24) is 10.2 Å². The number of likely N-dealkylation sites (tertiary alicyclic amines) is 1. The molecule has 8 nitrogen and oxygen atoms in total. The van der Waals surface area contributed by atoms with Gasteiger partial charge < -0.3 is 20.6 Å². The molecular formula is C22H25N5O3S. The number of aromatic hydroxyl groups is 1. The summed E-state index contributed by atoms with van der Waals surface area (Å²) < 4.78 is 20.2. The standard InChI is InChI=1S/C22H25N5O3S/c1-2-17(15-9-4-3-5-10-15)23-20-21(26-31(30)25-20)24-18-12-8-11-16(19(18)28)22(29)27-13-6-7-14-27/h3-5,8-12,17,28H,2,6-7,13-14H2,1H3,(H,23,25)(H,24,26)/t17-,31?/m1/s1. The first kappa shape index (κ1) is 21.0. The third kappa shape index (κ3) is 4.61. The summed E-state index contributed by atoms with van der Waals surface area (Å²) >= 11 is -1.76. The Morgan fingerprint density at radius 1 is 1.10 bits per heavy atom. The zero-order chi connectivity index (χ0) is 21.8. The molecule has 0 saturated carbocycles. The molecule has 1 amide bonds. The van der Waals surface area contributed by atoms with Crippen molar-refractivity contribution in [3.8, 4) is 5.75 Å². The van der Waals surface area contributed by atoms with Crippen LogP contribution in [0.1, 0.15) is 48.1 Å². The fourth-order valence-corrected chi connectivity index (χ4v) is 4.37. The molecule has 0 spiro atoms. The maximum absolute atomic E-state index is 12.7. The monoisotopic (exact) mass is 439 g/mol. The quantitative estimate of drug-likeness (QED) is 0.621. The first-order valence-corrected chi connectivity index (χ1v) is 11.4. The van der Waals surface area contributed by atoms with Crippen molar-refractivity contribution in [2.24, 2.45) is 8.80 Å². The predicted molar refractivity (Wildman–Crippen MR) is 122 cm³/mol. The van der Waals surface area contributed by atoms with Crippen molar-refractivity contribution in [1.29, 1.82) is 0 Å². The molecule has 2 aliphatic rings. The first-order valence-electron chi connectivity index (χ1n) is 10.4. The van der Waals surface area contributed by atoms with E-state index in [4.69, 9.17) is 0 Å². The van der Waals surface area contributed by atoms with Gasteiger partial charge in [-0.05, 0) is 37.0 Å². The number of carbonyl (C=O) groups is 1. The highest BCUT2D eigenvalue weighted by atomic mass is 32.2. The number of amides is 1. The van der Waals surface area contributed by atoms with Crippen LogP contribution in [0.3, 0.4) is 0 Å². The second-order valence-electron chi connectivity index (χ2n) is 7.45. The number of carbonyl (C=O) groups excluding carboxylic acids is 1. The molecule has 1 fully saturated rings. The minimum atomic E-state index is -1.76. The van der Waals surface area contributed by atoms with E-state index in [1.54, 1.807) is 23.1 Å². The van der Waals surface area contributed by atoms with E-state index in [9.17, 15) is 14.1 Å². The van der Waals surface area contributed by atoms with Crippen molar-refractivity contribution >= 4 is 34.4 Å². The van der Waals surface area contributed by atoms with Crippen molar-refractivity contribution < 1.29 is 14.1 Å². The molecule has 2 heterocycles. The Balaban J connectivity index is 1.54. The van der Waals surface area contributed by atoms with E-state index in [2.05, 4.69) is 19.4 Å². The van der Waals surface area contributed by atoms with Crippen LogP contribution in [-0.4, -0.2) is 44.9 Å². The van der Waals surface area contributed by atoms with Crippen LogP contribution in [0.2, 0.25) is 0 Å².